The molecule has 0 aliphatic rings. The van der Waals surface area contributed by atoms with Crippen LogP contribution in [0.5, 0.6) is 0 Å². The Kier molecular flexibility index (Phi) is 4.04. The lowest BCUT2D eigenvalue weighted by atomic mass is 10.1. The number of thioether (sulfide) groups is 1. The van der Waals surface area contributed by atoms with Gasteiger partial charge in [0.05, 0.1) is 6.42 Å². The van der Waals surface area contributed by atoms with Gasteiger partial charge in [0.2, 0.25) is 0 Å². The third-order valence-electron chi connectivity index (χ3n) is 2.60. The number of carboxylic acids is 1. The van der Waals surface area contributed by atoms with Crippen LogP contribution in [-0.2, 0) is 10.5 Å². The number of aliphatic carboxylic acids is 1. The topological polar surface area (TPSA) is 37.3 Å². The average Bonchev–Trinajstić information content (AvgIpc) is 2.34. The van der Waals surface area contributed by atoms with Gasteiger partial charge in [0.15, 0.2) is 0 Å². The van der Waals surface area contributed by atoms with E-state index >= 15 is 0 Å². The van der Waals surface area contributed by atoms with E-state index in [0.29, 0.717) is 5.75 Å². The van der Waals surface area contributed by atoms with Gasteiger partial charge in [0, 0.05) is 11.5 Å². The van der Waals surface area contributed by atoms with Crippen LogP contribution >= 0.6 is 11.8 Å². The van der Waals surface area contributed by atoms with Gasteiger partial charge >= 0.3 is 5.97 Å². The minimum absolute atomic E-state index is 0.232. The summed E-state index contributed by atoms with van der Waals surface area (Å²) < 4.78 is 0. The van der Waals surface area contributed by atoms with Crippen LogP contribution in [0.1, 0.15) is 12.0 Å². The van der Waals surface area contributed by atoms with E-state index in [0.717, 1.165) is 5.75 Å². The molecule has 0 saturated heterocycles. The lowest BCUT2D eigenvalue weighted by Crippen LogP contribution is -1.96. The van der Waals surface area contributed by atoms with Gasteiger partial charge in [-0.05, 0) is 16.3 Å². The molecular weight excluding hydrogens is 232 g/mol. The molecule has 0 aliphatic carbocycles. The van der Waals surface area contributed by atoms with Crippen molar-refractivity contribution in [1.82, 2.24) is 0 Å². The second-order valence-corrected chi connectivity index (χ2v) is 4.94. The molecule has 2 nitrogen and oxygen atoms in total. The highest BCUT2D eigenvalue weighted by atomic mass is 32.2. The van der Waals surface area contributed by atoms with E-state index in [4.69, 9.17) is 5.11 Å². The highest BCUT2D eigenvalue weighted by Crippen LogP contribution is 2.22. The fourth-order valence-corrected chi connectivity index (χ4v) is 2.69. The zero-order valence-electron chi connectivity index (χ0n) is 9.43. The van der Waals surface area contributed by atoms with Crippen LogP contribution in [-0.4, -0.2) is 16.8 Å². The Labute approximate surface area is 105 Å². The van der Waals surface area contributed by atoms with Crippen LogP contribution in [0.4, 0.5) is 0 Å². The maximum atomic E-state index is 10.4. The van der Waals surface area contributed by atoms with Crippen LogP contribution in [0, 0.1) is 0 Å². The molecule has 0 fully saturated rings. The van der Waals surface area contributed by atoms with Crippen molar-refractivity contribution in [3.05, 3.63) is 48.0 Å². The lowest BCUT2D eigenvalue weighted by molar-refractivity contribution is -0.136. The van der Waals surface area contributed by atoms with E-state index in [1.54, 1.807) is 11.8 Å². The number of hydrogen-bond acceptors (Lipinski definition) is 2. The van der Waals surface area contributed by atoms with Crippen molar-refractivity contribution in [2.45, 2.75) is 12.2 Å². The lowest BCUT2D eigenvalue weighted by Gasteiger charge is -2.05. The number of rotatable bonds is 5. The maximum Gasteiger partial charge on any atom is 0.304 e. The molecule has 0 aromatic heterocycles. The summed E-state index contributed by atoms with van der Waals surface area (Å²) in [6.07, 6.45) is 0.232. The van der Waals surface area contributed by atoms with Crippen molar-refractivity contribution >= 4 is 28.5 Å². The van der Waals surface area contributed by atoms with Crippen molar-refractivity contribution in [3.63, 3.8) is 0 Å². The molecule has 0 radical (unpaired) electrons. The third-order valence-corrected chi connectivity index (χ3v) is 3.61. The fraction of sp³-hybridized carbons (Fsp3) is 0.214. The molecule has 0 amide bonds. The van der Waals surface area contributed by atoms with Crippen LogP contribution in [0.25, 0.3) is 10.8 Å². The van der Waals surface area contributed by atoms with Crippen molar-refractivity contribution in [2.24, 2.45) is 0 Å². The molecule has 2 rings (SSSR count). The summed E-state index contributed by atoms with van der Waals surface area (Å²) in [6.45, 7) is 0. The first-order valence-electron chi connectivity index (χ1n) is 5.53. The van der Waals surface area contributed by atoms with Gasteiger partial charge in [0.25, 0.3) is 0 Å². The summed E-state index contributed by atoms with van der Waals surface area (Å²) in [5.74, 6) is 0.808. The molecule has 3 heteroatoms. The standard InChI is InChI=1S/C14H14O2S/c15-14(16)8-9-17-10-12-6-3-5-11-4-1-2-7-13(11)12/h1-7H,8-10H2,(H,15,16). The zero-order valence-corrected chi connectivity index (χ0v) is 10.2. The number of fused-ring (bicyclic) bond motifs is 1. The molecule has 2 aromatic rings. The van der Waals surface area contributed by atoms with Gasteiger partial charge < -0.3 is 5.11 Å². The molecule has 1 N–H and O–H groups in total. The van der Waals surface area contributed by atoms with Crippen molar-refractivity contribution in [1.29, 1.82) is 0 Å². The van der Waals surface area contributed by atoms with E-state index < -0.39 is 5.97 Å². The van der Waals surface area contributed by atoms with Gasteiger partial charge in [-0.3, -0.25) is 4.79 Å². The molecule has 2 aromatic carbocycles. The average molecular weight is 246 g/mol. The van der Waals surface area contributed by atoms with Crippen LogP contribution in [0.3, 0.4) is 0 Å². The highest BCUT2D eigenvalue weighted by Gasteiger charge is 2.01. The molecular formula is C14H14O2S. The number of benzene rings is 2. The summed E-state index contributed by atoms with van der Waals surface area (Å²) in [6, 6.07) is 14.5. The highest BCUT2D eigenvalue weighted by molar-refractivity contribution is 7.98. The Morgan fingerprint density at radius 1 is 1.12 bits per heavy atom. The molecule has 0 bridgehead atoms. The summed E-state index contributed by atoms with van der Waals surface area (Å²) >= 11 is 1.67. The van der Waals surface area contributed by atoms with E-state index in [2.05, 4.69) is 30.3 Å². The summed E-state index contributed by atoms with van der Waals surface area (Å²) in [5.41, 5.74) is 1.28. The van der Waals surface area contributed by atoms with Crippen molar-refractivity contribution < 1.29 is 9.90 Å². The van der Waals surface area contributed by atoms with Gasteiger partial charge in [0.1, 0.15) is 0 Å². The summed E-state index contributed by atoms with van der Waals surface area (Å²) in [7, 11) is 0. The van der Waals surface area contributed by atoms with Gasteiger partial charge in [-0.15, -0.1) is 0 Å². The van der Waals surface area contributed by atoms with Gasteiger partial charge in [-0.25, -0.2) is 0 Å². The Morgan fingerprint density at radius 2 is 1.88 bits per heavy atom. The molecule has 0 atom stereocenters. The Morgan fingerprint density at radius 3 is 2.71 bits per heavy atom. The van der Waals surface area contributed by atoms with Crippen LogP contribution in [0.15, 0.2) is 42.5 Å². The van der Waals surface area contributed by atoms with Crippen LogP contribution in [0.2, 0.25) is 0 Å². The minimum Gasteiger partial charge on any atom is -0.481 e. The molecule has 0 spiro atoms. The zero-order chi connectivity index (χ0) is 12.1. The molecule has 0 aliphatic heterocycles. The fourth-order valence-electron chi connectivity index (χ4n) is 1.76. The predicted molar refractivity (Wildman–Crippen MR) is 72.4 cm³/mol. The second kappa shape index (κ2) is 5.73. The number of carbonyl (C=O) groups is 1. The molecule has 17 heavy (non-hydrogen) atoms. The summed E-state index contributed by atoms with van der Waals surface area (Å²) in [4.78, 5) is 10.4. The Balaban J connectivity index is 2.05. The first kappa shape index (κ1) is 12.0. The monoisotopic (exact) mass is 246 g/mol. The van der Waals surface area contributed by atoms with Gasteiger partial charge in [-0.1, -0.05) is 42.5 Å². The molecule has 0 saturated carbocycles. The first-order valence-corrected chi connectivity index (χ1v) is 6.69. The quantitative estimate of drug-likeness (QED) is 0.820. The maximum absolute atomic E-state index is 10.4. The normalized spacial score (nSPS) is 10.6. The van der Waals surface area contributed by atoms with Crippen molar-refractivity contribution in [2.75, 3.05) is 5.75 Å². The molecule has 0 unspecified atom stereocenters. The van der Waals surface area contributed by atoms with Crippen LogP contribution < -0.4 is 0 Å². The van der Waals surface area contributed by atoms with Crippen molar-refractivity contribution in [3.8, 4) is 0 Å². The van der Waals surface area contributed by atoms with E-state index in [9.17, 15) is 4.79 Å². The predicted octanol–water partition coefficient (Wildman–Crippen LogP) is 3.55. The van der Waals surface area contributed by atoms with Gasteiger partial charge in [-0.2, -0.15) is 11.8 Å². The molecule has 88 valence electrons. The second-order valence-electron chi connectivity index (χ2n) is 3.83. The minimum atomic E-state index is -0.726. The smallest absolute Gasteiger partial charge is 0.304 e. The third kappa shape index (κ3) is 3.24. The Bertz CT molecular complexity index is 517. The molecule has 0 heterocycles. The SMILES string of the molecule is O=C(O)CCSCc1cccc2ccccc12. The Hall–Kier alpha value is -1.48. The number of hydrogen-bond donors (Lipinski definition) is 1. The van der Waals surface area contributed by atoms with E-state index in [-0.39, 0.29) is 6.42 Å². The van der Waals surface area contributed by atoms with E-state index in [1.165, 1.54) is 16.3 Å². The number of carboxylic acid groups (broad SMARTS) is 1. The largest absolute Gasteiger partial charge is 0.481 e. The van der Waals surface area contributed by atoms with E-state index in [1.807, 2.05) is 12.1 Å². The first-order chi connectivity index (χ1) is 8.27. The summed E-state index contributed by atoms with van der Waals surface area (Å²) in [5, 5.41) is 11.1.